The summed E-state index contributed by atoms with van der Waals surface area (Å²) in [4.78, 5) is 21.1. The topological polar surface area (TPSA) is 98.7 Å². The van der Waals surface area contributed by atoms with Crippen molar-refractivity contribution in [2.75, 3.05) is 18.8 Å². The van der Waals surface area contributed by atoms with Crippen molar-refractivity contribution in [3.05, 3.63) is 71.6 Å². The third-order valence-corrected chi connectivity index (χ3v) is 5.71. The number of hydrogen-bond donors (Lipinski definition) is 2. The number of piperidine rings is 1. The molecule has 0 spiro atoms. The van der Waals surface area contributed by atoms with Crippen LogP contribution >= 0.6 is 0 Å². The van der Waals surface area contributed by atoms with E-state index in [4.69, 9.17) is 5.73 Å². The van der Waals surface area contributed by atoms with Crippen molar-refractivity contribution in [1.82, 2.24) is 25.1 Å². The van der Waals surface area contributed by atoms with Crippen LogP contribution in [0.2, 0.25) is 0 Å². The van der Waals surface area contributed by atoms with Gasteiger partial charge in [-0.1, -0.05) is 18.2 Å². The average Bonchev–Trinajstić information content (AvgIpc) is 3.20. The highest BCUT2D eigenvalue weighted by atomic mass is 19.1. The molecule has 3 heterocycles. The molecule has 0 saturated carbocycles. The summed E-state index contributed by atoms with van der Waals surface area (Å²) in [5, 5.41) is 8.48. The van der Waals surface area contributed by atoms with Crippen LogP contribution in [-0.2, 0) is 0 Å². The molecule has 162 valence electrons. The van der Waals surface area contributed by atoms with Crippen LogP contribution in [0.3, 0.4) is 0 Å². The first-order chi connectivity index (χ1) is 15.5. The lowest BCUT2D eigenvalue weighted by Crippen LogP contribution is -2.32. The summed E-state index contributed by atoms with van der Waals surface area (Å²) in [7, 11) is 0. The second-order valence-electron chi connectivity index (χ2n) is 7.78. The van der Waals surface area contributed by atoms with Gasteiger partial charge >= 0.3 is 0 Å². The lowest BCUT2D eigenvalue weighted by atomic mass is 10.00. The van der Waals surface area contributed by atoms with Crippen LogP contribution in [0.4, 0.5) is 14.6 Å². The molecule has 5 rings (SSSR count). The molecule has 0 amide bonds. The fourth-order valence-electron chi connectivity index (χ4n) is 4.13. The van der Waals surface area contributed by atoms with Crippen LogP contribution in [-0.4, -0.2) is 38.6 Å². The third kappa shape index (κ3) is 3.50. The zero-order valence-electron chi connectivity index (χ0n) is 17.1. The number of aromatic nitrogens is 4. The first kappa shape index (κ1) is 20.2. The average molecular weight is 434 g/mol. The fraction of sp³-hybridized carbons (Fsp3) is 0.217. The van der Waals surface area contributed by atoms with Crippen molar-refractivity contribution in [3.8, 4) is 11.3 Å². The predicted octanol–water partition coefficient (Wildman–Crippen LogP) is 3.51. The third-order valence-electron chi connectivity index (χ3n) is 5.71. The number of carbonyl (C=O) groups is 1. The fourth-order valence-corrected chi connectivity index (χ4v) is 4.13. The maximum atomic E-state index is 15.2. The standard InChI is InChI=1S/C23H20F2N6O/c24-15-4-1-3-13(9-15)21(32)14-6-7-17(18(25)10-14)20-19-22(26)28-12-29-23(19)31(30-20)16-5-2-8-27-11-16/h1,3-4,6-7,9-10,12,16,27H,2,5,8,11H2,(H2,26,28,29). The lowest BCUT2D eigenvalue weighted by molar-refractivity contribution is 0.103. The minimum Gasteiger partial charge on any atom is -0.383 e. The van der Waals surface area contributed by atoms with E-state index in [9.17, 15) is 9.18 Å². The number of benzene rings is 2. The molecule has 1 unspecified atom stereocenters. The zero-order chi connectivity index (χ0) is 22.2. The lowest BCUT2D eigenvalue weighted by Gasteiger charge is -2.23. The number of hydrogen-bond acceptors (Lipinski definition) is 6. The molecule has 32 heavy (non-hydrogen) atoms. The van der Waals surface area contributed by atoms with Gasteiger partial charge in [-0.3, -0.25) is 4.79 Å². The summed E-state index contributed by atoms with van der Waals surface area (Å²) in [6, 6.07) is 9.48. The Bertz CT molecular complexity index is 1330. The molecule has 1 aliphatic heterocycles. The van der Waals surface area contributed by atoms with Gasteiger partial charge in [0.05, 0.1) is 11.4 Å². The molecule has 7 nitrogen and oxygen atoms in total. The molecule has 9 heteroatoms. The number of halogens is 2. The monoisotopic (exact) mass is 434 g/mol. The Morgan fingerprint density at radius 3 is 2.72 bits per heavy atom. The van der Waals surface area contributed by atoms with Crippen molar-refractivity contribution >= 4 is 22.6 Å². The molecule has 0 bridgehead atoms. The van der Waals surface area contributed by atoms with Crippen molar-refractivity contribution in [2.24, 2.45) is 0 Å². The number of nitrogens with two attached hydrogens (primary N) is 1. The normalized spacial score (nSPS) is 16.4. The molecular weight excluding hydrogens is 414 g/mol. The highest BCUT2D eigenvalue weighted by Gasteiger charge is 2.25. The van der Waals surface area contributed by atoms with E-state index < -0.39 is 17.4 Å². The Hall–Kier alpha value is -3.72. The van der Waals surface area contributed by atoms with Gasteiger partial charge in [0.1, 0.15) is 29.5 Å². The minimum atomic E-state index is -0.635. The van der Waals surface area contributed by atoms with Gasteiger partial charge in [-0.05, 0) is 43.7 Å². The summed E-state index contributed by atoms with van der Waals surface area (Å²) < 4.78 is 30.5. The van der Waals surface area contributed by atoms with E-state index in [1.807, 2.05) is 0 Å². The van der Waals surface area contributed by atoms with Crippen LogP contribution in [0.5, 0.6) is 0 Å². The van der Waals surface area contributed by atoms with Crippen LogP contribution in [0.25, 0.3) is 22.3 Å². The molecule has 3 N–H and O–H groups in total. The highest BCUT2D eigenvalue weighted by molar-refractivity contribution is 6.09. The summed E-state index contributed by atoms with van der Waals surface area (Å²) in [6.45, 7) is 1.67. The number of carbonyl (C=O) groups excluding carboxylic acids is 1. The van der Waals surface area contributed by atoms with E-state index in [0.29, 0.717) is 16.7 Å². The molecule has 1 fully saturated rings. The van der Waals surface area contributed by atoms with E-state index in [1.165, 1.54) is 36.7 Å². The van der Waals surface area contributed by atoms with Crippen LogP contribution in [0.15, 0.2) is 48.8 Å². The highest BCUT2D eigenvalue weighted by Crippen LogP contribution is 2.34. The quantitative estimate of drug-likeness (QED) is 0.477. The number of ketones is 1. The van der Waals surface area contributed by atoms with Crippen LogP contribution < -0.4 is 11.1 Å². The summed E-state index contributed by atoms with van der Waals surface area (Å²) in [5.74, 6) is -1.43. The van der Waals surface area contributed by atoms with E-state index in [2.05, 4.69) is 20.4 Å². The maximum absolute atomic E-state index is 15.2. The Morgan fingerprint density at radius 1 is 1.12 bits per heavy atom. The molecule has 2 aromatic carbocycles. The van der Waals surface area contributed by atoms with E-state index in [-0.39, 0.29) is 28.6 Å². The second kappa shape index (κ2) is 8.08. The number of nitrogens with one attached hydrogen (secondary N) is 1. The molecule has 4 aromatic rings. The van der Waals surface area contributed by atoms with Gasteiger partial charge in [0.25, 0.3) is 0 Å². The van der Waals surface area contributed by atoms with Crippen molar-refractivity contribution in [3.63, 3.8) is 0 Å². The summed E-state index contributed by atoms with van der Waals surface area (Å²) in [5.41, 5.74) is 7.44. The number of nitrogen functional groups attached to an aromatic ring is 1. The van der Waals surface area contributed by atoms with E-state index in [0.717, 1.165) is 38.1 Å². The number of fused-ring (bicyclic) bond motifs is 1. The van der Waals surface area contributed by atoms with Crippen molar-refractivity contribution in [1.29, 1.82) is 0 Å². The first-order valence-electron chi connectivity index (χ1n) is 10.3. The van der Waals surface area contributed by atoms with Gasteiger partial charge < -0.3 is 11.1 Å². The van der Waals surface area contributed by atoms with Gasteiger partial charge in [-0.2, -0.15) is 5.10 Å². The minimum absolute atomic E-state index is 0.0613. The van der Waals surface area contributed by atoms with Crippen LogP contribution in [0, 0.1) is 11.6 Å². The SMILES string of the molecule is Nc1ncnc2c1c(-c1ccc(C(=O)c3cccc(F)c3)cc1F)nn2C1CCCNC1. The van der Waals surface area contributed by atoms with Crippen molar-refractivity contribution in [2.45, 2.75) is 18.9 Å². The molecule has 0 aliphatic carbocycles. The van der Waals surface area contributed by atoms with Gasteiger partial charge in [0.2, 0.25) is 0 Å². The Labute approximate surface area is 182 Å². The second-order valence-corrected chi connectivity index (χ2v) is 7.78. The molecule has 1 atom stereocenters. The first-order valence-corrected chi connectivity index (χ1v) is 10.3. The molecular formula is C23H20F2N6O. The van der Waals surface area contributed by atoms with E-state index in [1.54, 1.807) is 4.68 Å². The molecule has 0 radical (unpaired) electrons. The summed E-state index contributed by atoms with van der Waals surface area (Å²) >= 11 is 0. The Kier molecular flexibility index (Phi) is 5.10. The van der Waals surface area contributed by atoms with Gasteiger partial charge in [-0.15, -0.1) is 0 Å². The zero-order valence-corrected chi connectivity index (χ0v) is 17.1. The number of anilines is 1. The molecule has 2 aromatic heterocycles. The Balaban J connectivity index is 1.59. The molecule has 1 saturated heterocycles. The van der Waals surface area contributed by atoms with Crippen molar-refractivity contribution < 1.29 is 13.6 Å². The molecule has 1 aliphatic rings. The Morgan fingerprint density at radius 2 is 1.97 bits per heavy atom. The summed E-state index contributed by atoms with van der Waals surface area (Å²) in [6.07, 6.45) is 3.27. The largest absolute Gasteiger partial charge is 0.383 e. The smallest absolute Gasteiger partial charge is 0.193 e. The van der Waals surface area contributed by atoms with E-state index >= 15 is 4.39 Å². The van der Waals surface area contributed by atoms with Gasteiger partial charge in [0.15, 0.2) is 11.4 Å². The number of rotatable bonds is 4. The van der Waals surface area contributed by atoms with Crippen LogP contribution in [0.1, 0.15) is 34.8 Å². The maximum Gasteiger partial charge on any atom is 0.193 e. The number of nitrogens with zero attached hydrogens (tertiary/aromatic N) is 4. The predicted molar refractivity (Wildman–Crippen MR) is 116 cm³/mol. The van der Waals surface area contributed by atoms with Gasteiger partial charge in [-0.25, -0.2) is 23.4 Å². The van der Waals surface area contributed by atoms with Gasteiger partial charge in [0, 0.05) is 23.2 Å².